The fraction of sp³-hybridized carbons (Fsp3) is 0.154. The minimum atomic E-state index is -0.734. The van der Waals surface area contributed by atoms with Gasteiger partial charge in [0, 0.05) is 17.0 Å². The highest BCUT2D eigenvalue weighted by Crippen LogP contribution is 2.17. The largest absolute Gasteiger partial charge is 0.386 e. The van der Waals surface area contributed by atoms with Crippen LogP contribution in [-0.2, 0) is 0 Å². The van der Waals surface area contributed by atoms with E-state index >= 15 is 0 Å². The number of halogens is 1. The van der Waals surface area contributed by atoms with Gasteiger partial charge in [-0.25, -0.2) is 4.39 Å². The van der Waals surface area contributed by atoms with E-state index in [0.29, 0.717) is 0 Å². The first-order valence-electron chi connectivity index (χ1n) is 5.42. The summed E-state index contributed by atoms with van der Waals surface area (Å²) in [7, 11) is 0. The number of aliphatic hydroxyl groups is 1. The van der Waals surface area contributed by atoms with E-state index in [9.17, 15) is 14.3 Å². The van der Waals surface area contributed by atoms with E-state index in [1.54, 1.807) is 6.07 Å². The Morgan fingerprint density at radius 3 is 2.89 bits per heavy atom. The number of nitrogens with one attached hydrogen (secondary N) is 1. The molecule has 18 heavy (non-hydrogen) atoms. The number of thiophene rings is 1. The molecule has 5 heteroatoms. The smallest absolute Gasteiger partial charge is 0.251 e. The normalized spacial score (nSPS) is 12.1. The van der Waals surface area contributed by atoms with Crippen LogP contribution in [0.4, 0.5) is 4.39 Å². The summed E-state index contributed by atoms with van der Waals surface area (Å²) in [4.78, 5) is 12.5. The maximum atomic E-state index is 12.9. The third kappa shape index (κ3) is 3.15. The molecule has 0 bridgehead atoms. The Hall–Kier alpha value is -1.72. The Bertz CT molecular complexity index is 528. The maximum Gasteiger partial charge on any atom is 0.251 e. The molecule has 0 radical (unpaired) electrons. The van der Waals surface area contributed by atoms with E-state index in [4.69, 9.17) is 0 Å². The molecule has 0 saturated heterocycles. The van der Waals surface area contributed by atoms with Crippen molar-refractivity contribution in [1.82, 2.24) is 5.32 Å². The van der Waals surface area contributed by atoms with Crippen LogP contribution >= 0.6 is 11.3 Å². The van der Waals surface area contributed by atoms with E-state index in [1.165, 1.54) is 29.5 Å². The van der Waals surface area contributed by atoms with E-state index in [1.807, 2.05) is 11.4 Å². The average molecular weight is 265 g/mol. The molecule has 1 unspecified atom stereocenters. The lowest BCUT2D eigenvalue weighted by Crippen LogP contribution is -2.28. The molecular formula is C13H12FNO2S. The van der Waals surface area contributed by atoms with Crippen molar-refractivity contribution in [3.05, 3.63) is 58.0 Å². The van der Waals surface area contributed by atoms with E-state index in [0.717, 1.165) is 10.9 Å². The lowest BCUT2D eigenvalue weighted by atomic mass is 10.2. The number of amides is 1. The van der Waals surface area contributed by atoms with Crippen LogP contribution in [0, 0.1) is 5.82 Å². The first kappa shape index (κ1) is 12.7. The molecule has 2 N–H and O–H groups in total. The molecule has 2 aromatic rings. The molecule has 1 amide bonds. The van der Waals surface area contributed by atoms with Gasteiger partial charge in [-0.3, -0.25) is 4.79 Å². The molecule has 0 saturated carbocycles. The minimum absolute atomic E-state index is 0.107. The maximum absolute atomic E-state index is 12.9. The fourth-order valence-corrected chi connectivity index (χ4v) is 2.21. The summed E-state index contributed by atoms with van der Waals surface area (Å²) in [6.45, 7) is 0.107. The molecular weight excluding hydrogens is 253 g/mol. The number of carbonyl (C=O) groups is 1. The number of carbonyl (C=O) groups excluding carboxylic acids is 1. The zero-order chi connectivity index (χ0) is 13.0. The monoisotopic (exact) mass is 265 g/mol. The number of rotatable bonds is 4. The van der Waals surface area contributed by atoms with Crippen LogP contribution in [-0.4, -0.2) is 17.6 Å². The molecule has 0 aliphatic heterocycles. The van der Waals surface area contributed by atoms with Gasteiger partial charge in [-0.1, -0.05) is 12.1 Å². The summed E-state index contributed by atoms with van der Waals surface area (Å²) in [6.07, 6.45) is -0.734. The highest BCUT2D eigenvalue weighted by Gasteiger charge is 2.11. The lowest BCUT2D eigenvalue weighted by Gasteiger charge is -2.10. The first-order chi connectivity index (χ1) is 8.66. The van der Waals surface area contributed by atoms with Gasteiger partial charge in [0.25, 0.3) is 5.91 Å². The van der Waals surface area contributed by atoms with Gasteiger partial charge in [0.05, 0.1) is 0 Å². The quantitative estimate of drug-likeness (QED) is 0.891. The Balaban J connectivity index is 1.92. The summed E-state index contributed by atoms with van der Waals surface area (Å²) in [5.74, 6) is -0.855. The standard InChI is InChI=1S/C13H12FNO2S/c14-10-4-1-3-9(7-10)13(17)15-8-11(16)12-5-2-6-18-12/h1-7,11,16H,8H2,(H,15,17). The van der Waals surface area contributed by atoms with Gasteiger partial charge in [0.15, 0.2) is 0 Å². The topological polar surface area (TPSA) is 49.3 Å². The predicted molar refractivity (Wildman–Crippen MR) is 68.0 cm³/mol. The Morgan fingerprint density at radius 2 is 2.22 bits per heavy atom. The van der Waals surface area contributed by atoms with Gasteiger partial charge in [0.1, 0.15) is 11.9 Å². The van der Waals surface area contributed by atoms with Crippen LogP contribution in [0.25, 0.3) is 0 Å². The Morgan fingerprint density at radius 1 is 1.39 bits per heavy atom. The van der Waals surface area contributed by atoms with E-state index < -0.39 is 17.8 Å². The lowest BCUT2D eigenvalue weighted by molar-refractivity contribution is 0.0917. The molecule has 1 atom stereocenters. The van der Waals surface area contributed by atoms with Crippen molar-refractivity contribution in [2.75, 3.05) is 6.54 Å². The SMILES string of the molecule is O=C(NCC(O)c1cccs1)c1cccc(F)c1. The zero-order valence-corrected chi connectivity index (χ0v) is 10.3. The molecule has 0 fully saturated rings. The molecule has 1 aromatic heterocycles. The fourth-order valence-electron chi connectivity index (χ4n) is 1.50. The van der Waals surface area contributed by atoms with Crippen molar-refractivity contribution >= 4 is 17.2 Å². The van der Waals surface area contributed by atoms with Crippen molar-refractivity contribution in [1.29, 1.82) is 0 Å². The Labute approximate surface area is 108 Å². The third-order valence-electron chi connectivity index (χ3n) is 2.41. The molecule has 0 spiro atoms. The Kier molecular flexibility index (Phi) is 4.07. The number of aliphatic hydroxyl groups excluding tert-OH is 1. The summed E-state index contributed by atoms with van der Waals surface area (Å²) >= 11 is 1.42. The second-order valence-corrected chi connectivity index (χ2v) is 4.73. The highest BCUT2D eigenvalue weighted by molar-refractivity contribution is 7.10. The first-order valence-corrected chi connectivity index (χ1v) is 6.30. The van der Waals surface area contributed by atoms with Gasteiger partial charge in [-0.2, -0.15) is 0 Å². The van der Waals surface area contributed by atoms with Crippen LogP contribution in [0.15, 0.2) is 41.8 Å². The van der Waals surface area contributed by atoms with E-state index in [-0.39, 0.29) is 12.1 Å². The van der Waals surface area contributed by atoms with Crippen molar-refractivity contribution in [2.24, 2.45) is 0 Å². The van der Waals surface area contributed by atoms with E-state index in [2.05, 4.69) is 5.32 Å². The summed E-state index contributed by atoms with van der Waals surface area (Å²) < 4.78 is 12.9. The predicted octanol–water partition coefficient (Wildman–Crippen LogP) is 2.35. The molecule has 2 rings (SSSR count). The summed E-state index contributed by atoms with van der Waals surface area (Å²) in [6, 6.07) is 9.06. The van der Waals surface area contributed by atoms with Crippen LogP contribution in [0.5, 0.6) is 0 Å². The average Bonchev–Trinajstić information content (AvgIpc) is 2.89. The van der Waals surface area contributed by atoms with Crippen molar-refractivity contribution in [3.63, 3.8) is 0 Å². The van der Waals surface area contributed by atoms with Gasteiger partial charge in [0.2, 0.25) is 0 Å². The van der Waals surface area contributed by atoms with Crippen LogP contribution in [0.1, 0.15) is 21.3 Å². The number of hydrogen-bond donors (Lipinski definition) is 2. The molecule has 3 nitrogen and oxygen atoms in total. The number of benzene rings is 1. The molecule has 1 aromatic carbocycles. The minimum Gasteiger partial charge on any atom is -0.386 e. The summed E-state index contributed by atoms with van der Waals surface area (Å²) in [5, 5.41) is 14.2. The second-order valence-electron chi connectivity index (χ2n) is 3.75. The molecule has 94 valence electrons. The van der Waals surface area contributed by atoms with Crippen molar-refractivity contribution in [2.45, 2.75) is 6.10 Å². The van der Waals surface area contributed by atoms with Crippen LogP contribution in [0.2, 0.25) is 0 Å². The van der Waals surface area contributed by atoms with Gasteiger partial charge < -0.3 is 10.4 Å². The molecule has 0 aliphatic carbocycles. The molecule has 1 heterocycles. The van der Waals surface area contributed by atoms with Gasteiger partial charge in [-0.05, 0) is 29.6 Å². The van der Waals surface area contributed by atoms with Crippen LogP contribution < -0.4 is 5.32 Å². The van der Waals surface area contributed by atoms with Crippen molar-refractivity contribution < 1.29 is 14.3 Å². The highest BCUT2D eigenvalue weighted by atomic mass is 32.1. The van der Waals surface area contributed by atoms with Gasteiger partial charge >= 0.3 is 0 Å². The zero-order valence-electron chi connectivity index (χ0n) is 9.47. The van der Waals surface area contributed by atoms with Crippen LogP contribution in [0.3, 0.4) is 0 Å². The summed E-state index contributed by atoms with van der Waals surface area (Å²) in [5.41, 5.74) is 0.244. The second kappa shape index (κ2) is 5.75. The van der Waals surface area contributed by atoms with Crippen molar-refractivity contribution in [3.8, 4) is 0 Å². The molecule has 0 aliphatic rings. The third-order valence-corrected chi connectivity index (χ3v) is 3.39. The van der Waals surface area contributed by atoms with Gasteiger partial charge in [-0.15, -0.1) is 11.3 Å². The number of hydrogen-bond acceptors (Lipinski definition) is 3.